The minimum atomic E-state index is 0.0596. The largest absolute Gasteiger partial charge is 0.352 e. The molecule has 4 rings (SSSR count). The highest BCUT2D eigenvalue weighted by molar-refractivity contribution is 6.31. The average molecular weight is 369 g/mol. The lowest BCUT2D eigenvalue weighted by atomic mass is 10.1. The molecular weight excluding hydrogens is 344 g/mol. The molecule has 2 aliphatic rings. The lowest BCUT2D eigenvalue weighted by molar-refractivity contribution is -0.122. The molecule has 1 aliphatic carbocycles. The van der Waals surface area contributed by atoms with Crippen molar-refractivity contribution in [2.24, 2.45) is 5.92 Å². The van der Waals surface area contributed by atoms with E-state index in [1.807, 2.05) is 24.3 Å². The molecular formula is C22H25ClN2O. The van der Waals surface area contributed by atoms with Crippen LogP contribution in [0, 0.1) is 5.92 Å². The van der Waals surface area contributed by atoms with Crippen molar-refractivity contribution < 1.29 is 4.79 Å². The molecule has 1 N–H and O–H groups in total. The highest BCUT2D eigenvalue weighted by atomic mass is 35.5. The Bertz CT molecular complexity index is 768. The summed E-state index contributed by atoms with van der Waals surface area (Å²) in [5.41, 5.74) is 3.60. The van der Waals surface area contributed by atoms with E-state index in [2.05, 4.69) is 34.5 Å². The molecule has 0 radical (unpaired) electrons. The van der Waals surface area contributed by atoms with Gasteiger partial charge in [-0.05, 0) is 61.0 Å². The van der Waals surface area contributed by atoms with Crippen LogP contribution >= 0.6 is 11.6 Å². The summed E-state index contributed by atoms with van der Waals surface area (Å²) >= 11 is 6.24. The van der Waals surface area contributed by atoms with E-state index in [9.17, 15) is 4.79 Å². The van der Waals surface area contributed by atoms with Crippen LogP contribution in [0.5, 0.6) is 0 Å². The van der Waals surface area contributed by atoms with Crippen LogP contribution in [-0.4, -0.2) is 23.9 Å². The monoisotopic (exact) mass is 368 g/mol. The summed E-state index contributed by atoms with van der Waals surface area (Å²) in [5, 5.41) is 3.85. The van der Waals surface area contributed by atoms with E-state index in [1.54, 1.807) is 0 Å². The Morgan fingerprint density at radius 1 is 1.04 bits per heavy atom. The Balaban J connectivity index is 1.26. The van der Waals surface area contributed by atoms with E-state index >= 15 is 0 Å². The van der Waals surface area contributed by atoms with Gasteiger partial charge < -0.3 is 5.32 Å². The maximum Gasteiger partial charge on any atom is 0.224 e. The van der Waals surface area contributed by atoms with Gasteiger partial charge in [0.1, 0.15) is 0 Å². The van der Waals surface area contributed by atoms with Crippen molar-refractivity contribution in [2.45, 2.75) is 38.3 Å². The van der Waals surface area contributed by atoms with Crippen LogP contribution in [0.4, 0.5) is 0 Å². The van der Waals surface area contributed by atoms with Gasteiger partial charge in [-0.25, -0.2) is 0 Å². The van der Waals surface area contributed by atoms with E-state index in [-0.39, 0.29) is 17.7 Å². The molecule has 26 heavy (non-hydrogen) atoms. The van der Waals surface area contributed by atoms with Gasteiger partial charge in [-0.3, -0.25) is 9.69 Å². The number of halogens is 1. The molecule has 2 aromatic rings. The molecule has 1 amide bonds. The quantitative estimate of drug-likeness (QED) is 0.821. The predicted octanol–water partition coefficient (Wildman–Crippen LogP) is 4.36. The number of hydrogen-bond acceptors (Lipinski definition) is 2. The Morgan fingerprint density at radius 3 is 2.46 bits per heavy atom. The zero-order valence-electron chi connectivity index (χ0n) is 15.0. The first-order valence-corrected chi connectivity index (χ1v) is 9.91. The second kappa shape index (κ2) is 7.81. The summed E-state index contributed by atoms with van der Waals surface area (Å²) in [4.78, 5) is 14.9. The van der Waals surface area contributed by atoms with Crippen LogP contribution in [0.15, 0.2) is 48.5 Å². The molecule has 2 atom stereocenters. The topological polar surface area (TPSA) is 32.3 Å². The molecule has 4 heteroatoms. The third kappa shape index (κ3) is 4.11. The summed E-state index contributed by atoms with van der Waals surface area (Å²) in [6, 6.07) is 16.5. The number of rotatable bonds is 6. The van der Waals surface area contributed by atoms with Crippen molar-refractivity contribution in [3.63, 3.8) is 0 Å². The second-order valence-electron chi connectivity index (χ2n) is 7.49. The van der Waals surface area contributed by atoms with Gasteiger partial charge in [0.25, 0.3) is 0 Å². The summed E-state index contributed by atoms with van der Waals surface area (Å²) in [6.45, 7) is 4.06. The molecule has 1 aliphatic heterocycles. The minimum Gasteiger partial charge on any atom is -0.352 e. The number of hydrogen-bond donors (Lipinski definition) is 1. The number of carbonyl (C=O) groups excluding carboxylic acids is 1. The second-order valence-corrected chi connectivity index (χ2v) is 7.89. The summed E-state index contributed by atoms with van der Waals surface area (Å²) in [7, 11) is 0. The van der Waals surface area contributed by atoms with Crippen molar-refractivity contribution >= 4 is 17.5 Å². The van der Waals surface area contributed by atoms with Crippen molar-refractivity contribution in [2.75, 3.05) is 13.1 Å². The molecule has 2 fully saturated rings. The van der Waals surface area contributed by atoms with Crippen molar-refractivity contribution in [1.29, 1.82) is 0 Å². The van der Waals surface area contributed by atoms with Crippen molar-refractivity contribution in [3.8, 4) is 0 Å². The Morgan fingerprint density at radius 2 is 1.73 bits per heavy atom. The Kier molecular flexibility index (Phi) is 5.28. The van der Waals surface area contributed by atoms with E-state index in [0.29, 0.717) is 6.54 Å². The third-order valence-electron chi connectivity index (χ3n) is 5.53. The highest BCUT2D eigenvalue weighted by Gasteiger charge is 2.44. The zero-order valence-corrected chi connectivity index (χ0v) is 15.7. The number of likely N-dealkylation sites (tertiary alicyclic amines) is 1. The molecule has 0 aromatic heterocycles. The molecule has 3 nitrogen and oxygen atoms in total. The van der Waals surface area contributed by atoms with Gasteiger partial charge in [-0.2, -0.15) is 0 Å². The smallest absolute Gasteiger partial charge is 0.224 e. The molecule has 1 heterocycles. The van der Waals surface area contributed by atoms with Gasteiger partial charge in [-0.1, -0.05) is 54.1 Å². The zero-order chi connectivity index (χ0) is 17.9. The fraction of sp³-hybridized carbons (Fsp3) is 0.409. The maximum atomic E-state index is 12.4. The first-order valence-electron chi connectivity index (χ1n) is 9.53. The number of carbonyl (C=O) groups is 1. The van der Waals surface area contributed by atoms with Crippen LogP contribution in [0.2, 0.25) is 5.02 Å². The van der Waals surface area contributed by atoms with E-state index in [1.165, 1.54) is 31.5 Å². The van der Waals surface area contributed by atoms with Gasteiger partial charge in [-0.15, -0.1) is 0 Å². The number of benzene rings is 2. The van der Waals surface area contributed by atoms with Gasteiger partial charge in [0.15, 0.2) is 0 Å². The van der Waals surface area contributed by atoms with E-state index in [4.69, 9.17) is 11.6 Å². The van der Waals surface area contributed by atoms with Crippen LogP contribution in [0.25, 0.3) is 0 Å². The summed E-state index contributed by atoms with van der Waals surface area (Å²) in [6.07, 6.45) is 3.53. The van der Waals surface area contributed by atoms with Crippen molar-refractivity contribution in [1.82, 2.24) is 10.2 Å². The highest BCUT2D eigenvalue weighted by Crippen LogP contribution is 2.49. The third-order valence-corrected chi connectivity index (χ3v) is 5.87. The van der Waals surface area contributed by atoms with Gasteiger partial charge in [0.2, 0.25) is 5.91 Å². The Labute approximate surface area is 160 Å². The number of amides is 1. The molecule has 0 spiro atoms. The lowest BCUT2D eigenvalue weighted by Crippen LogP contribution is -2.25. The maximum absolute atomic E-state index is 12.4. The molecule has 1 saturated carbocycles. The molecule has 136 valence electrons. The van der Waals surface area contributed by atoms with E-state index in [0.717, 1.165) is 29.1 Å². The van der Waals surface area contributed by atoms with Crippen LogP contribution in [0.3, 0.4) is 0 Å². The molecule has 2 aromatic carbocycles. The summed E-state index contributed by atoms with van der Waals surface area (Å²) in [5.74, 6) is 0.465. The fourth-order valence-electron chi connectivity index (χ4n) is 3.89. The van der Waals surface area contributed by atoms with E-state index < -0.39 is 0 Å². The first kappa shape index (κ1) is 17.6. The van der Waals surface area contributed by atoms with Gasteiger partial charge in [0, 0.05) is 24.0 Å². The predicted molar refractivity (Wildman–Crippen MR) is 105 cm³/mol. The van der Waals surface area contributed by atoms with Crippen LogP contribution in [-0.2, 0) is 17.9 Å². The van der Waals surface area contributed by atoms with Crippen LogP contribution in [0.1, 0.15) is 41.9 Å². The van der Waals surface area contributed by atoms with Crippen LogP contribution < -0.4 is 5.32 Å². The molecule has 2 unspecified atom stereocenters. The SMILES string of the molecule is O=C(NCc1ccc(CN2CCCC2)cc1)C1CC1c1ccccc1Cl. The van der Waals surface area contributed by atoms with Gasteiger partial charge >= 0.3 is 0 Å². The van der Waals surface area contributed by atoms with Gasteiger partial charge in [0.05, 0.1) is 0 Å². The lowest BCUT2D eigenvalue weighted by Gasteiger charge is -2.14. The molecule has 1 saturated heterocycles. The van der Waals surface area contributed by atoms with Crippen molar-refractivity contribution in [3.05, 3.63) is 70.2 Å². The standard InChI is InChI=1S/C22H25ClN2O/c23-21-6-2-1-5-18(21)19-13-20(19)22(26)24-14-16-7-9-17(10-8-16)15-25-11-3-4-12-25/h1-2,5-10,19-20H,3-4,11-15H2,(H,24,26). The average Bonchev–Trinajstić information content (AvgIpc) is 3.29. The number of nitrogens with one attached hydrogen (secondary N) is 1. The minimum absolute atomic E-state index is 0.0596. The summed E-state index contributed by atoms with van der Waals surface area (Å²) < 4.78 is 0. The first-order chi connectivity index (χ1) is 12.7. The Hall–Kier alpha value is -1.84. The number of nitrogens with zero attached hydrogens (tertiary/aromatic N) is 1. The normalized spacial score (nSPS) is 22.3. The fourth-order valence-corrected chi connectivity index (χ4v) is 4.16. The molecule has 0 bridgehead atoms.